The third-order valence-corrected chi connectivity index (χ3v) is 14.5. The Morgan fingerprint density at radius 1 is 0.173 bits per heavy atom. The van der Waals surface area contributed by atoms with Crippen molar-refractivity contribution < 1.29 is 20.4 Å². The predicted molar refractivity (Wildman–Crippen MR) is 345 cm³/mol. The summed E-state index contributed by atoms with van der Waals surface area (Å²) in [7, 11) is 0. The first-order valence-corrected chi connectivity index (χ1v) is 27.1. The number of benzene rings is 12. The molecule has 81 heavy (non-hydrogen) atoms. The van der Waals surface area contributed by atoms with E-state index in [4.69, 9.17) is 0 Å². The molecule has 17 rings (SSSR count). The van der Waals surface area contributed by atoms with E-state index in [0.717, 1.165) is 44.8 Å². The molecule has 0 spiro atoms. The zero-order valence-corrected chi connectivity index (χ0v) is 45.8. The zero-order valence-electron chi connectivity index (χ0n) is 44.2. The van der Waals surface area contributed by atoms with Gasteiger partial charge in [0.15, 0.2) is 0 Å². The summed E-state index contributed by atoms with van der Waals surface area (Å²) in [4.78, 5) is 16.0. The number of fused-ring (bicyclic) bond motifs is 16. The quantitative estimate of drug-likeness (QED) is 0.117. The summed E-state index contributed by atoms with van der Waals surface area (Å²) >= 11 is 0. The first kappa shape index (κ1) is 51.7. The minimum Gasteiger partial charge on any atom is -0.355 e. The van der Waals surface area contributed by atoms with Crippen LogP contribution in [0.25, 0.3) is 133 Å². The molecule has 0 saturated heterocycles. The molecule has 4 nitrogen and oxygen atoms in total. The van der Waals surface area contributed by atoms with Gasteiger partial charge in [-0.25, -0.2) is 9.97 Å². The molecule has 5 heterocycles. The van der Waals surface area contributed by atoms with E-state index in [9.17, 15) is 0 Å². The molecule has 15 aromatic rings. The number of aromatic amines is 2. The average molecular weight is 1130 g/mol. The largest absolute Gasteiger partial charge is 0.355 e. The standard InChI is InChI=1S/C20H14N4.4C14H10.Pd/c1-2-14-10-16-5-6-18(23-16)12-20-8-7-19(24-20)11-17-4-3-15(22-17)9-13(1)21-14;4*1-2-6-12-10-14-8-4-3-7-13(14)9-11(12)5-1;/h1-12,21-22H;4*1-10H;. The van der Waals surface area contributed by atoms with Crippen molar-refractivity contribution in [3.63, 3.8) is 0 Å². The van der Waals surface area contributed by atoms with Crippen LogP contribution < -0.4 is 0 Å². The van der Waals surface area contributed by atoms with Gasteiger partial charge < -0.3 is 9.97 Å². The van der Waals surface area contributed by atoms with Crippen LogP contribution in [0, 0.1) is 0 Å². The summed E-state index contributed by atoms with van der Waals surface area (Å²) in [6.45, 7) is 0. The first-order chi connectivity index (χ1) is 39.5. The maximum absolute atomic E-state index is 4.62. The molecule has 2 aliphatic heterocycles. The smallest absolute Gasteiger partial charge is 0.0659 e. The Morgan fingerprint density at radius 2 is 0.333 bits per heavy atom. The molecule has 0 saturated carbocycles. The Morgan fingerprint density at radius 3 is 0.519 bits per heavy atom. The Labute approximate surface area is 483 Å². The van der Waals surface area contributed by atoms with Crippen molar-refractivity contribution in [3.8, 4) is 0 Å². The van der Waals surface area contributed by atoms with Crippen LogP contribution >= 0.6 is 0 Å². The molecule has 0 unspecified atom stereocenters. The SMILES string of the molecule is C1=Cc2cc3ccc(cc4ccc(cc5nc(cc1n2)C=C5)[nH]4)[nH]3.[Pd].c1ccc2cc3ccccc3cc2c1.c1ccc2cc3ccccc3cc2c1.c1ccc2cc3ccccc3cc2c1.c1ccc2cc3ccccc3cc2c1. The second-order valence-electron chi connectivity index (χ2n) is 20.1. The van der Waals surface area contributed by atoms with Gasteiger partial charge in [0.1, 0.15) is 0 Å². The first-order valence-electron chi connectivity index (χ1n) is 27.1. The van der Waals surface area contributed by atoms with Crippen LogP contribution in [0.4, 0.5) is 0 Å². The number of aromatic nitrogens is 4. The second-order valence-corrected chi connectivity index (χ2v) is 20.1. The molecule has 0 aliphatic carbocycles. The van der Waals surface area contributed by atoms with Gasteiger partial charge in [0.2, 0.25) is 0 Å². The molecule has 2 aliphatic rings. The van der Waals surface area contributed by atoms with Gasteiger partial charge in [-0.3, -0.25) is 0 Å². The topological polar surface area (TPSA) is 57.4 Å². The maximum Gasteiger partial charge on any atom is 0.0659 e. The van der Waals surface area contributed by atoms with Gasteiger partial charge in [0.25, 0.3) is 0 Å². The normalized spacial score (nSPS) is 11.3. The number of hydrogen-bond donors (Lipinski definition) is 2. The molecular formula is C76H54N4Pd. The summed E-state index contributed by atoms with van der Waals surface area (Å²) < 4.78 is 0. The third kappa shape index (κ3) is 12.3. The zero-order chi connectivity index (χ0) is 53.5. The van der Waals surface area contributed by atoms with Crippen LogP contribution in [0.5, 0.6) is 0 Å². The fourth-order valence-electron chi connectivity index (χ4n) is 10.5. The summed E-state index contributed by atoms with van der Waals surface area (Å²) in [5.41, 5.74) is 7.86. The van der Waals surface area contributed by atoms with Crippen LogP contribution in [0.1, 0.15) is 22.8 Å². The van der Waals surface area contributed by atoms with E-state index in [1.807, 2.05) is 42.5 Å². The predicted octanol–water partition coefficient (Wildman–Crippen LogP) is 20.6. The maximum atomic E-state index is 4.62. The summed E-state index contributed by atoms with van der Waals surface area (Å²) in [5, 5.41) is 21.0. The molecule has 5 heteroatoms. The Kier molecular flexibility index (Phi) is 15.3. The van der Waals surface area contributed by atoms with Crippen molar-refractivity contribution in [1.29, 1.82) is 0 Å². The summed E-state index contributed by atoms with van der Waals surface area (Å²) in [6, 6.07) is 102. The molecule has 388 valence electrons. The van der Waals surface area contributed by atoms with Gasteiger partial charge in [0.05, 0.1) is 22.8 Å². The van der Waals surface area contributed by atoms with Crippen LogP contribution in [0.3, 0.4) is 0 Å². The monoisotopic (exact) mass is 1130 g/mol. The Hall–Kier alpha value is -10.0. The van der Waals surface area contributed by atoms with Crippen LogP contribution in [0.2, 0.25) is 0 Å². The van der Waals surface area contributed by atoms with Crippen molar-refractivity contribution in [1.82, 2.24) is 19.9 Å². The number of rotatable bonds is 0. The van der Waals surface area contributed by atoms with Crippen molar-refractivity contribution in [2.75, 3.05) is 0 Å². The molecule has 8 bridgehead atoms. The molecule has 3 aromatic heterocycles. The van der Waals surface area contributed by atoms with Gasteiger partial charge >= 0.3 is 0 Å². The van der Waals surface area contributed by atoms with Crippen molar-refractivity contribution in [2.24, 2.45) is 0 Å². The number of H-pyrrole nitrogens is 2. The molecule has 0 amide bonds. The van der Waals surface area contributed by atoms with Crippen molar-refractivity contribution in [2.45, 2.75) is 0 Å². The molecule has 0 atom stereocenters. The van der Waals surface area contributed by atoms with Crippen LogP contribution in [0.15, 0.2) is 291 Å². The molecule has 0 fully saturated rings. The Bertz CT molecular complexity index is 4040. The molecule has 2 N–H and O–H groups in total. The number of nitrogens with zero attached hydrogens (tertiary/aromatic N) is 2. The van der Waals surface area contributed by atoms with E-state index in [1.54, 1.807) is 0 Å². The molecular weight excluding hydrogens is 1080 g/mol. The van der Waals surface area contributed by atoms with E-state index >= 15 is 0 Å². The molecule has 12 aromatic carbocycles. The van der Waals surface area contributed by atoms with Crippen molar-refractivity contribution in [3.05, 3.63) is 314 Å². The fraction of sp³-hybridized carbons (Fsp3) is 0. The summed E-state index contributed by atoms with van der Waals surface area (Å²) in [6.07, 6.45) is 8.05. The van der Waals surface area contributed by atoms with Crippen molar-refractivity contribution >= 4 is 133 Å². The van der Waals surface area contributed by atoms with E-state index in [0.29, 0.717) is 0 Å². The van der Waals surface area contributed by atoms with Gasteiger partial charge in [-0.05, 0) is 208 Å². The molecule has 0 radical (unpaired) electrons. The van der Waals surface area contributed by atoms with Gasteiger partial charge in [-0.1, -0.05) is 194 Å². The third-order valence-electron chi connectivity index (χ3n) is 14.5. The van der Waals surface area contributed by atoms with Crippen LogP contribution in [-0.2, 0) is 20.4 Å². The number of hydrogen-bond acceptors (Lipinski definition) is 2. The number of nitrogens with one attached hydrogen (secondary N) is 2. The minimum atomic E-state index is 0. The Balaban J connectivity index is 0.000000102. The van der Waals surface area contributed by atoms with Gasteiger partial charge in [-0.15, -0.1) is 0 Å². The van der Waals surface area contributed by atoms with E-state index < -0.39 is 0 Å². The second kappa shape index (κ2) is 23.9. The van der Waals surface area contributed by atoms with E-state index in [-0.39, 0.29) is 20.4 Å². The fourth-order valence-corrected chi connectivity index (χ4v) is 10.5. The average Bonchev–Trinajstić information content (AvgIpc) is 4.42. The van der Waals surface area contributed by atoms with Gasteiger partial charge in [-0.2, -0.15) is 0 Å². The van der Waals surface area contributed by atoms with Crippen LogP contribution in [-0.4, -0.2) is 19.9 Å². The van der Waals surface area contributed by atoms with Gasteiger partial charge in [0, 0.05) is 42.5 Å². The summed E-state index contributed by atoms with van der Waals surface area (Å²) in [5.74, 6) is 0. The minimum absolute atomic E-state index is 0. The van der Waals surface area contributed by atoms with E-state index in [1.165, 1.54) is 86.2 Å². The van der Waals surface area contributed by atoms with E-state index in [2.05, 4.69) is 293 Å².